The van der Waals surface area contributed by atoms with E-state index in [1.54, 1.807) is 41.1 Å². The molecule has 8 nitrogen and oxygen atoms in total. The Morgan fingerprint density at radius 1 is 1.06 bits per heavy atom. The number of benzene rings is 2. The average molecular weight is 531 g/mol. The predicted octanol–water partition coefficient (Wildman–Crippen LogP) is 6.13. The van der Waals surface area contributed by atoms with Gasteiger partial charge in [-0.05, 0) is 44.2 Å². The van der Waals surface area contributed by atoms with Gasteiger partial charge in [0.05, 0.1) is 5.69 Å². The highest BCUT2D eigenvalue weighted by Gasteiger charge is 2.26. The Kier molecular flexibility index (Phi) is 5.89. The van der Waals surface area contributed by atoms with E-state index >= 15 is 4.39 Å². The van der Waals surface area contributed by atoms with Crippen molar-refractivity contribution in [1.29, 1.82) is 0 Å². The van der Waals surface area contributed by atoms with Gasteiger partial charge in [-0.1, -0.05) is 22.8 Å². The van der Waals surface area contributed by atoms with Crippen LogP contribution in [-0.4, -0.2) is 23.0 Å². The van der Waals surface area contributed by atoms with E-state index in [0.717, 1.165) is 0 Å². The molecule has 0 bridgehead atoms. The average Bonchev–Trinajstić information content (AvgIpc) is 3.44. The van der Waals surface area contributed by atoms with E-state index < -0.39 is 32.3 Å². The molecular weight excluding hydrogens is 514 g/mol. The molecule has 12 heteroatoms. The van der Waals surface area contributed by atoms with E-state index in [9.17, 15) is 12.8 Å². The SMILES string of the molecule is Cc1noc(C)c1NS(=O)(=O)c1cc(F)c(Oc2ccc(Cl)cc2-c2cccc3nccn23)cc1F. The molecule has 0 atom stereocenters. The van der Waals surface area contributed by atoms with Gasteiger partial charge in [0, 0.05) is 35.1 Å². The Bertz CT molecular complexity index is 1710. The summed E-state index contributed by atoms with van der Waals surface area (Å²) in [5.74, 6) is -2.45. The second kappa shape index (κ2) is 8.92. The lowest BCUT2D eigenvalue weighted by atomic mass is 10.1. The van der Waals surface area contributed by atoms with Gasteiger partial charge in [-0.2, -0.15) is 0 Å². The molecule has 0 aliphatic heterocycles. The van der Waals surface area contributed by atoms with E-state index in [1.165, 1.54) is 26.0 Å². The Labute approximate surface area is 209 Å². The van der Waals surface area contributed by atoms with Crippen LogP contribution in [0.1, 0.15) is 11.5 Å². The normalized spacial score (nSPS) is 11.7. The lowest BCUT2D eigenvalue weighted by molar-refractivity contribution is 0.393. The fourth-order valence-electron chi connectivity index (χ4n) is 3.69. The van der Waals surface area contributed by atoms with Gasteiger partial charge in [-0.15, -0.1) is 0 Å². The number of rotatable bonds is 6. The number of aryl methyl sites for hydroxylation is 2. The van der Waals surface area contributed by atoms with E-state index in [1.807, 2.05) is 0 Å². The zero-order valence-corrected chi connectivity index (χ0v) is 20.4. The minimum atomic E-state index is -4.49. The van der Waals surface area contributed by atoms with Crippen molar-refractivity contribution < 1.29 is 26.5 Å². The molecular formula is C24H17ClF2N4O4S. The molecule has 2 aromatic carbocycles. The molecule has 1 N–H and O–H groups in total. The molecule has 0 amide bonds. The van der Waals surface area contributed by atoms with Crippen LogP contribution < -0.4 is 9.46 Å². The topological polar surface area (TPSA) is 98.7 Å². The first kappa shape index (κ1) is 23.8. The van der Waals surface area contributed by atoms with Crippen molar-refractivity contribution >= 4 is 33.0 Å². The lowest BCUT2D eigenvalue weighted by Crippen LogP contribution is -2.16. The highest BCUT2D eigenvalue weighted by molar-refractivity contribution is 7.92. The maximum atomic E-state index is 15.0. The third-order valence-electron chi connectivity index (χ3n) is 5.41. The summed E-state index contributed by atoms with van der Waals surface area (Å²) < 4.78 is 70.2. The van der Waals surface area contributed by atoms with Crippen molar-refractivity contribution in [2.75, 3.05) is 4.72 Å². The number of halogens is 3. The van der Waals surface area contributed by atoms with Gasteiger partial charge in [0.2, 0.25) is 0 Å². The van der Waals surface area contributed by atoms with Crippen molar-refractivity contribution in [3.05, 3.63) is 89.0 Å². The van der Waals surface area contributed by atoms with Crippen molar-refractivity contribution in [3.8, 4) is 22.8 Å². The second-order valence-electron chi connectivity index (χ2n) is 7.83. The maximum Gasteiger partial charge on any atom is 0.265 e. The standard InChI is InChI=1S/C24H17ClF2N4O4S/c1-13-24(14(2)35-29-13)30-36(32,33)22-12-17(26)21(11-18(22)27)34-20-7-6-15(25)10-16(20)19-4-3-5-23-28-8-9-31(19)23/h3-12,30H,1-2H3. The number of ether oxygens (including phenoxy) is 1. The van der Waals surface area contributed by atoms with Crippen LogP contribution in [0.25, 0.3) is 16.9 Å². The van der Waals surface area contributed by atoms with Crippen LogP contribution in [0.5, 0.6) is 11.5 Å². The molecule has 5 rings (SSSR count). The van der Waals surface area contributed by atoms with Gasteiger partial charge >= 0.3 is 0 Å². The predicted molar refractivity (Wildman–Crippen MR) is 129 cm³/mol. The number of hydrogen-bond acceptors (Lipinski definition) is 6. The first-order valence-electron chi connectivity index (χ1n) is 10.5. The highest BCUT2D eigenvalue weighted by atomic mass is 35.5. The molecule has 3 aromatic heterocycles. The first-order valence-corrected chi connectivity index (χ1v) is 12.3. The fourth-order valence-corrected chi connectivity index (χ4v) is 5.11. The van der Waals surface area contributed by atoms with E-state index in [4.69, 9.17) is 20.9 Å². The molecule has 5 aromatic rings. The number of fused-ring (bicyclic) bond motifs is 1. The largest absolute Gasteiger partial charge is 0.453 e. The van der Waals surface area contributed by atoms with Gasteiger partial charge in [0.1, 0.15) is 33.5 Å². The molecule has 0 saturated carbocycles. The van der Waals surface area contributed by atoms with E-state index in [-0.39, 0.29) is 22.9 Å². The third-order valence-corrected chi connectivity index (χ3v) is 7.01. The number of hydrogen-bond donors (Lipinski definition) is 1. The highest BCUT2D eigenvalue weighted by Crippen LogP contribution is 2.37. The van der Waals surface area contributed by atoms with Gasteiger partial charge in [0.15, 0.2) is 17.3 Å². The maximum absolute atomic E-state index is 15.0. The molecule has 184 valence electrons. The number of nitrogens with zero attached hydrogens (tertiary/aromatic N) is 3. The van der Waals surface area contributed by atoms with Crippen LogP contribution in [0, 0.1) is 25.5 Å². The van der Waals surface area contributed by atoms with Crippen molar-refractivity contribution in [2.45, 2.75) is 18.7 Å². The fraction of sp³-hybridized carbons (Fsp3) is 0.0833. The zero-order chi connectivity index (χ0) is 25.6. The number of imidazole rings is 1. The van der Waals surface area contributed by atoms with Gasteiger partial charge < -0.3 is 9.26 Å². The Balaban J connectivity index is 1.53. The molecule has 0 spiro atoms. The van der Waals surface area contributed by atoms with E-state index in [0.29, 0.717) is 34.1 Å². The summed E-state index contributed by atoms with van der Waals surface area (Å²) >= 11 is 6.20. The Hall–Kier alpha value is -3.96. The number of sulfonamides is 1. The number of pyridine rings is 1. The summed E-state index contributed by atoms with van der Waals surface area (Å²) in [4.78, 5) is 3.35. The van der Waals surface area contributed by atoms with Crippen LogP contribution in [-0.2, 0) is 10.0 Å². The van der Waals surface area contributed by atoms with Crippen LogP contribution >= 0.6 is 11.6 Å². The van der Waals surface area contributed by atoms with Crippen molar-refractivity contribution in [1.82, 2.24) is 14.5 Å². The first-order chi connectivity index (χ1) is 17.1. The van der Waals surface area contributed by atoms with Crippen LogP contribution in [0.4, 0.5) is 14.5 Å². The van der Waals surface area contributed by atoms with Gasteiger partial charge in [-0.25, -0.2) is 22.2 Å². The summed E-state index contributed by atoms with van der Waals surface area (Å²) in [7, 11) is -4.49. The third kappa shape index (κ3) is 4.27. The smallest absolute Gasteiger partial charge is 0.265 e. The number of nitrogens with one attached hydrogen (secondary N) is 1. The minimum Gasteiger partial charge on any atom is -0.453 e. The summed E-state index contributed by atoms with van der Waals surface area (Å²) in [5.41, 5.74) is 2.10. The summed E-state index contributed by atoms with van der Waals surface area (Å²) in [6.07, 6.45) is 3.36. The molecule has 3 heterocycles. The van der Waals surface area contributed by atoms with Crippen molar-refractivity contribution in [2.24, 2.45) is 0 Å². The molecule has 0 radical (unpaired) electrons. The second-order valence-corrected chi connectivity index (χ2v) is 9.91. The quantitative estimate of drug-likeness (QED) is 0.283. The van der Waals surface area contributed by atoms with Gasteiger partial charge in [0.25, 0.3) is 10.0 Å². The summed E-state index contributed by atoms with van der Waals surface area (Å²) in [6, 6.07) is 11.3. The van der Waals surface area contributed by atoms with Gasteiger partial charge in [-0.3, -0.25) is 9.12 Å². The molecule has 0 aliphatic carbocycles. The van der Waals surface area contributed by atoms with Crippen LogP contribution in [0.15, 0.2) is 70.3 Å². The number of aromatic nitrogens is 3. The zero-order valence-electron chi connectivity index (χ0n) is 18.8. The van der Waals surface area contributed by atoms with Crippen molar-refractivity contribution in [3.63, 3.8) is 0 Å². The lowest BCUT2D eigenvalue weighted by Gasteiger charge is -2.15. The Morgan fingerprint density at radius 3 is 2.61 bits per heavy atom. The monoisotopic (exact) mass is 530 g/mol. The molecule has 0 aliphatic rings. The molecule has 0 unspecified atom stereocenters. The molecule has 0 saturated heterocycles. The summed E-state index contributed by atoms with van der Waals surface area (Å²) in [5, 5.41) is 4.04. The van der Waals surface area contributed by atoms with Crippen LogP contribution in [0.3, 0.4) is 0 Å². The van der Waals surface area contributed by atoms with Crippen LogP contribution in [0.2, 0.25) is 5.02 Å². The number of anilines is 1. The Morgan fingerprint density at radius 2 is 1.86 bits per heavy atom. The molecule has 0 fully saturated rings. The minimum absolute atomic E-state index is 0.0506. The molecule has 36 heavy (non-hydrogen) atoms. The summed E-state index contributed by atoms with van der Waals surface area (Å²) in [6.45, 7) is 3.00. The van der Waals surface area contributed by atoms with E-state index in [2.05, 4.69) is 14.9 Å².